The second-order valence-electron chi connectivity index (χ2n) is 4.62. The summed E-state index contributed by atoms with van der Waals surface area (Å²) in [7, 11) is 2.05. The summed E-state index contributed by atoms with van der Waals surface area (Å²) in [5.74, 6) is 0.611. The second-order valence-corrected chi connectivity index (χ2v) is 4.62. The van der Waals surface area contributed by atoms with Crippen LogP contribution in [-0.2, 0) is 0 Å². The molecule has 2 heterocycles. The van der Waals surface area contributed by atoms with Crippen molar-refractivity contribution < 1.29 is 4.92 Å². The fraction of sp³-hybridized carbons (Fsp3) is 0.636. The van der Waals surface area contributed by atoms with E-state index in [1.807, 2.05) is 19.0 Å². The number of nitrogens with one attached hydrogen (secondary N) is 2. The predicted molar refractivity (Wildman–Crippen MR) is 75.5 cm³/mol. The molecule has 110 valence electrons. The van der Waals surface area contributed by atoms with Crippen molar-refractivity contribution in [2.24, 2.45) is 0 Å². The molecular formula is C11H19N7O2. The molecule has 1 saturated heterocycles. The normalized spacial score (nSPS) is 16.9. The summed E-state index contributed by atoms with van der Waals surface area (Å²) in [6.45, 7) is 5.96. The Morgan fingerprint density at radius 3 is 2.70 bits per heavy atom. The van der Waals surface area contributed by atoms with Gasteiger partial charge in [-0.05, 0) is 14.0 Å². The highest BCUT2D eigenvalue weighted by molar-refractivity contribution is 5.56. The van der Waals surface area contributed by atoms with Crippen molar-refractivity contribution in [3.8, 4) is 0 Å². The minimum atomic E-state index is -0.478. The molecule has 1 aliphatic rings. The second kappa shape index (κ2) is 6.44. The number of piperazine rings is 1. The van der Waals surface area contributed by atoms with E-state index in [1.54, 1.807) is 0 Å². The lowest BCUT2D eigenvalue weighted by Gasteiger charge is -2.32. The van der Waals surface area contributed by atoms with E-state index in [0.29, 0.717) is 12.5 Å². The van der Waals surface area contributed by atoms with Gasteiger partial charge in [-0.1, -0.05) is 0 Å². The summed E-state index contributed by atoms with van der Waals surface area (Å²) in [5, 5.41) is 15.9. The fourth-order valence-electron chi connectivity index (χ4n) is 1.90. The number of nitro groups is 1. The number of rotatable bonds is 5. The van der Waals surface area contributed by atoms with Crippen LogP contribution in [0.4, 0.5) is 17.5 Å². The highest BCUT2D eigenvalue weighted by atomic mass is 16.6. The molecule has 1 aromatic rings. The van der Waals surface area contributed by atoms with Crippen LogP contribution in [0.3, 0.4) is 0 Å². The first-order valence-electron chi connectivity index (χ1n) is 6.55. The van der Waals surface area contributed by atoms with E-state index < -0.39 is 4.92 Å². The zero-order chi connectivity index (χ0) is 14.5. The largest absolute Gasteiger partial charge is 0.354 e. The fourth-order valence-corrected chi connectivity index (χ4v) is 1.90. The summed E-state index contributed by atoms with van der Waals surface area (Å²) in [5.41, 5.74) is 2.90. The first kappa shape index (κ1) is 14.4. The number of likely N-dealkylation sites (N-methyl/N-ethyl adjacent to an activating group) is 1. The molecule has 0 saturated carbocycles. The maximum atomic E-state index is 11.0. The lowest BCUT2D eigenvalue weighted by molar-refractivity contribution is -0.384. The number of nitrogens with zero attached hydrogens (tertiary/aromatic N) is 5. The lowest BCUT2D eigenvalue weighted by atomic mass is 10.4. The van der Waals surface area contributed by atoms with Gasteiger partial charge in [-0.15, -0.1) is 0 Å². The van der Waals surface area contributed by atoms with E-state index in [2.05, 4.69) is 25.6 Å². The van der Waals surface area contributed by atoms with Crippen LogP contribution in [0, 0.1) is 10.1 Å². The van der Waals surface area contributed by atoms with Gasteiger partial charge in [0.25, 0.3) is 0 Å². The molecule has 1 aliphatic heterocycles. The molecule has 0 aromatic carbocycles. The van der Waals surface area contributed by atoms with Gasteiger partial charge in [0, 0.05) is 32.7 Å². The molecule has 0 atom stereocenters. The molecule has 9 nitrogen and oxygen atoms in total. The monoisotopic (exact) mass is 281 g/mol. The molecule has 1 aromatic heterocycles. The van der Waals surface area contributed by atoms with Crippen LogP contribution in [0.2, 0.25) is 0 Å². The Morgan fingerprint density at radius 1 is 1.40 bits per heavy atom. The molecule has 2 rings (SSSR count). The SMILES string of the molecule is CCNc1ncc([N+](=O)[O-])c(NN2CCN(C)CC2)n1. The van der Waals surface area contributed by atoms with Crippen molar-refractivity contribution in [2.75, 3.05) is 50.5 Å². The number of hydrogen-bond acceptors (Lipinski definition) is 8. The Bertz CT molecular complexity index is 474. The Kier molecular flexibility index (Phi) is 4.64. The number of hydrogen-bond donors (Lipinski definition) is 2. The van der Waals surface area contributed by atoms with Gasteiger partial charge in [-0.25, -0.2) is 9.99 Å². The van der Waals surface area contributed by atoms with Gasteiger partial charge in [0.15, 0.2) is 0 Å². The topological polar surface area (TPSA) is 99.5 Å². The third kappa shape index (κ3) is 3.52. The maximum absolute atomic E-state index is 11.0. The van der Waals surface area contributed by atoms with Crippen molar-refractivity contribution >= 4 is 17.5 Å². The van der Waals surface area contributed by atoms with Crippen molar-refractivity contribution in [1.82, 2.24) is 19.9 Å². The van der Waals surface area contributed by atoms with Gasteiger partial charge >= 0.3 is 5.69 Å². The van der Waals surface area contributed by atoms with Crippen molar-refractivity contribution in [2.45, 2.75) is 6.92 Å². The minimum Gasteiger partial charge on any atom is -0.354 e. The summed E-state index contributed by atoms with van der Waals surface area (Å²) in [4.78, 5) is 20.8. The zero-order valence-corrected chi connectivity index (χ0v) is 11.7. The first-order valence-corrected chi connectivity index (χ1v) is 6.55. The predicted octanol–water partition coefficient (Wildman–Crippen LogP) is 0.391. The molecule has 0 aliphatic carbocycles. The van der Waals surface area contributed by atoms with E-state index in [9.17, 15) is 10.1 Å². The number of aromatic nitrogens is 2. The van der Waals surface area contributed by atoms with E-state index in [0.717, 1.165) is 26.2 Å². The third-order valence-electron chi connectivity index (χ3n) is 3.07. The van der Waals surface area contributed by atoms with Crippen LogP contribution in [-0.4, -0.2) is 64.6 Å². The minimum absolute atomic E-state index is 0.120. The Balaban J connectivity index is 2.14. The number of hydrazine groups is 1. The van der Waals surface area contributed by atoms with Gasteiger partial charge < -0.3 is 10.2 Å². The molecule has 0 unspecified atom stereocenters. The van der Waals surface area contributed by atoms with Crippen molar-refractivity contribution in [3.63, 3.8) is 0 Å². The van der Waals surface area contributed by atoms with Gasteiger partial charge in [0.1, 0.15) is 6.20 Å². The molecular weight excluding hydrogens is 262 g/mol. The quantitative estimate of drug-likeness (QED) is 0.590. The molecule has 1 fully saturated rings. The van der Waals surface area contributed by atoms with Crippen LogP contribution < -0.4 is 10.7 Å². The Morgan fingerprint density at radius 2 is 2.10 bits per heavy atom. The van der Waals surface area contributed by atoms with E-state index in [1.165, 1.54) is 6.20 Å². The molecule has 0 bridgehead atoms. The molecule has 9 heteroatoms. The Labute approximate surface area is 117 Å². The standard InChI is InChI=1S/C11H19N7O2/c1-3-12-11-13-8-9(18(19)20)10(14-11)15-17-6-4-16(2)5-7-17/h8H,3-7H2,1-2H3,(H2,12,13,14,15). The Hall–Kier alpha value is -2.00. The van der Waals surface area contributed by atoms with E-state index in [-0.39, 0.29) is 11.5 Å². The highest BCUT2D eigenvalue weighted by Gasteiger charge is 2.21. The van der Waals surface area contributed by atoms with Crippen LogP contribution in [0.15, 0.2) is 6.20 Å². The molecule has 0 spiro atoms. The van der Waals surface area contributed by atoms with Crippen molar-refractivity contribution in [1.29, 1.82) is 0 Å². The molecule has 2 N–H and O–H groups in total. The van der Waals surface area contributed by atoms with Crippen LogP contribution in [0.25, 0.3) is 0 Å². The van der Waals surface area contributed by atoms with Crippen molar-refractivity contribution in [3.05, 3.63) is 16.3 Å². The molecule has 0 radical (unpaired) electrons. The van der Waals surface area contributed by atoms with E-state index >= 15 is 0 Å². The summed E-state index contributed by atoms with van der Waals surface area (Å²) < 4.78 is 0. The average molecular weight is 281 g/mol. The lowest BCUT2D eigenvalue weighted by Crippen LogP contribution is -2.47. The first-order chi connectivity index (χ1) is 9.60. The zero-order valence-electron chi connectivity index (χ0n) is 11.7. The summed E-state index contributed by atoms with van der Waals surface area (Å²) in [6, 6.07) is 0. The summed E-state index contributed by atoms with van der Waals surface area (Å²) >= 11 is 0. The van der Waals surface area contributed by atoms with Gasteiger partial charge in [0.05, 0.1) is 4.92 Å². The molecule has 0 amide bonds. The van der Waals surface area contributed by atoms with Crippen LogP contribution in [0.1, 0.15) is 6.92 Å². The van der Waals surface area contributed by atoms with Gasteiger partial charge in [0.2, 0.25) is 11.8 Å². The van der Waals surface area contributed by atoms with E-state index in [4.69, 9.17) is 0 Å². The summed E-state index contributed by atoms with van der Waals surface area (Å²) in [6.07, 6.45) is 1.23. The van der Waals surface area contributed by atoms with Crippen LogP contribution in [0.5, 0.6) is 0 Å². The van der Waals surface area contributed by atoms with Crippen LogP contribution >= 0.6 is 0 Å². The highest BCUT2D eigenvalue weighted by Crippen LogP contribution is 2.22. The van der Waals surface area contributed by atoms with Gasteiger partial charge in [-0.2, -0.15) is 4.98 Å². The van der Waals surface area contributed by atoms with Gasteiger partial charge in [-0.3, -0.25) is 15.5 Å². The smallest absolute Gasteiger partial charge is 0.330 e. The maximum Gasteiger partial charge on any atom is 0.330 e. The molecule has 20 heavy (non-hydrogen) atoms. The average Bonchev–Trinajstić information content (AvgIpc) is 2.42. The number of anilines is 2. The third-order valence-corrected chi connectivity index (χ3v) is 3.07.